The second kappa shape index (κ2) is 5.67. The third-order valence-electron chi connectivity index (χ3n) is 4.68. The molecule has 1 fully saturated rings. The number of thiazole rings is 1. The summed E-state index contributed by atoms with van der Waals surface area (Å²) in [5.74, 6) is 0. The summed E-state index contributed by atoms with van der Waals surface area (Å²) in [6.45, 7) is 9.66. The smallest absolute Gasteiger partial charge is 0.111 e. The Bertz CT molecular complexity index is 589. The molecule has 2 aromatic rings. The first-order valence-electron chi connectivity index (χ1n) is 7.75. The first kappa shape index (κ1) is 14.9. The van der Waals surface area contributed by atoms with E-state index in [1.807, 2.05) is 6.07 Å². The van der Waals surface area contributed by atoms with E-state index in [2.05, 4.69) is 51.2 Å². The van der Waals surface area contributed by atoms with E-state index in [4.69, 9.17) is 9.72 Å². The monoisotopic (exact) mass is 304 g/mol. The van der Waals surface area contributed by atoms with Crippen molar-refractivity contribution < 1.29 is 4.74 Å². The number of hydrogen-bond acceptors (Lipinski definition) is 4. The Balaban J connectivity index is 1.68. The maximum atomic E-state index is 5.81. The fourth-order valence-corrected chi connectivity index (χ4v) is 4.08. The molecule has 1 heterocycles. The molecular formula is C17H24N2OS. The van der Waals surface area contributed by atoms with E-state index in [0.29, 0.717) is 12.1 Å². The zero-order chi connectivity index (χ0) is 15.0. The maximum absolute atomic E-state index is 5.81. The highest BCUT2D eigenvalue weighted by molar-refractivity contribution is 7.18. The van der Waals surface area contributed by atoms with Crippen LogP contribution < -0.4 is 5.32 Å². The highest BCUT2D eigenvalue weighted by atomic mass is 32.1. The van der Waals surface area contributed by atoms with Crippen molar-refractivity contribution in [1.29, 1.82) is 0 Å². The average molecular weight is 304 g/mol. The standard InChI is InChI=1S/C17H24N2OS/c1-5-20-15-10-14(17(15,3)4)18-11(2)16-19-12-8-6-7-9-13(12)21-16/h6-9,11,14-15,18H,5,10H2,1-4H3. The largest absolute Gasteiger partial charge is 0.378 e. The summed E-state index contributed by atoms with van der Waals surface area (Å²) in [6.07, 6.45) is 1.47. The highest BCUT2D eigenvalue weighted by Gasteiger charge is 2.49. The lowest BCUT2D eigenvalue weighted by Crippen LogP contribution is -2.61. The molecule has 1 aromatic carbocycles. The average Bonchev–Trinajstić information content (AvgIpc) is 2.90. The van der Waals surface area contributed by atoms with E-state index in [1.165, 1.54) is 9.71 Å². The fraction of sp³-hybridized carbons (Fsp3) is 0.588. The van der Waals surface area contributed by atoms with Crippen molar-refractivity contribution in [3.8, 4) is 0 Å². The number of benzene rings is 1. The van der Waals surface area contributed by atoms with Gasteiger partial charge >= 0.3 is 0 Å². The predicted octanol–water partition coefficient (Wildman–Crippen LogP) is 4.15. The normalized spacial score (nSPS) is 25.7. The minimum Gasteiger partial charge on any atom is -0.378 e. The minimum atomic E-state index is 0.195. The Kier molecular flexibility index (Phi) is 4.04. The van der Waals surface area contributed by atoms with Gasteiger partial charge in [-0.1, -0.05) is 26.0 Å². The SMILES string of the molecule is CCOC1CC(NC(C)c2nc3ccccc3s2)C1(C)C. The van der Waals surface area contributed by atoms with Crippen LogP contribution in [-0.2, 0) is 4.74 Å². The third-order valence-corrected chi connectivity index (χ3v) is 5.90. The summed E-state index contributed by atoms with van der Waals surface area (Å²) >= 11 is 1.79. The van der Waals surface area contributed by atoms with Crippen LogP contribution in [0.3, 0.4) is 0 Å². The Morgan fingerprint density at radius 3 is 2.86 bits per heavy atom. The molecule has 0 saturated heterocycles. The Hall–Kier alpha value is -0.970. The number of para-hydroxylation sites is 1. The maximum Gasteiger partial charge on any atom is 0.111 e. The van der Waals surface area contributed by atoms with Gasteiger partial charge in [-0.25, -0.2) is 4.98 Å². The zero-order valence-corrected chi connectivity index (χ0v) is 14.0. The molecule has 0 amide bonds. The highest BCUT2D eigenvalue weighted by Crippen LogP contribution is 2.44. The molecule has 3 atom stereocenters. The molecule has 0 radical (unpaired) electrons. The van der Waals surface area contributed by atoms with Crippen molar-refractivity contribution >= 4 is 21.6 Å². The molecule has 0 bridgehead atoms. The summed E-state index contributed by atoms with van der Waals surface area (Å²) in [7, 11) is 0. The van der Waals surface area contributed by atoms with Crippen LogP contribution in [0.25, 0.3) is 10.2 Å². The van der Waals surface area contributed by atoms with Crippen molar-refractivity contribution in [3.05, 3.63) is 29.3 Å². The summed E-state index contributed by atoms with van der Waals surface area (Å²) in [6, 6.07) is 9.13. The lowest BCUT2D eigenvalue weighted by Gasteiger charge is -2.52. The molecule has 1 aliphatic carbocycles. The van der Waals surface area contributed by atoms with Gasteiger partial charge in [-0.2, -0.15) is 0 Å². The third kappa shape index (κ3) is 2.72. The second-order valence-electron chi connectivity index (χ2n) is 6.46. The van der Waals surface area contributed by atoms with Gasteiger partial charge in [-0.3, -0.25) is 0 Å². The molecule has 1 aliphatic rings. The van der Waals surface area contributed by atoms with E-state index in [9.17, 15) is 0 Å². The van der Waals surface area contributed by atoms with Gasteiger partial charge in [0.25, 0.3) is 0 Å². The number of nitrogens with zero attached hydrogens (tertiary/aromatic N) is 1. The summed E-state index contributed by atoms with van der Waals surface area (Å²) in [5, 5.41) is 4.91. The lowest BCUT2D eigenvalue weighted by molar-refractivity contribution is -0.116. The van der Waals surface area contributed by atoms with E-state index in [1.54, 1.807) is 11.3 Å². The van der Waals surface area contributed by atoms with Crippen LogP contribution in [0.2, 0.25) is 0 Å². The molecule has 1 saturated carbocycles. The van der Waals surface area contributed by atoms with Crippen LogP contribution in [0, 0.1) is 5.41 Å². The van der Waals surface area contributed by atoms with Crippen molar-refractivity contribution in [1.82, 2.24) is 10.3 Å². The molecule has 3 unspecified atom stereocenters. The van der Waals surface area contributed by atoms with Gasteiger partial charge in [-0.15, -0.1) is 11.3 Å². The number of aromatic nitrogens is 1. The van der Waals surface area contributed by atoms with Crippen LogP contribution in [-0.4, -0.2) is 23.7 Å². The molecule has 0 spiro atoms. The minimum absolute atomic E-state index is 0.195. The first-order valence-corrected chi connectivity index (χ1v) is 8.57. The van der Waals surface area contributed by atoms with Crippen molar-refractivity contribution in [2.45, 2.75) is 52.3 Å². The van der Waals surface area contributed by atoms with Crippen LogP contribution in [0.1, 0.15) is 45.2 Å². The van der Waals surface area contributed by atoms with E-state index in [-0.39, 0.29) is 11.5 Å². The number of hydrogen-bond donors (Lipinski definition) is 1. The number of rotatable bonds is 5. The van der Waals surface area contributed by atoms with E-state index < -0.39 is 0 Å². The quantitative estimate of drug-likeness (QED) is 0.901. The molecule has 1 aromatic heterocycles. The number of nitrogens with one attached hydrogen (secondary N) is 1. The van der Waals surface area contributed by atoms with Crippen molar-refractivity contribution in [3.63, 3.8) is 0 Å². The predicted molar refractivity (Wildman–Crippen MR) is 88.8 cm³/mol. The fourth-order valence-electron chi connectivity index (χ4n) is 3.10. The number of fused-ring (bicyclic) bond motifs is 1. The molecule has 3 nitrogen and oxygen atoms in total. The van der Waals surface area contributed by atoms with Crippen LogP contribution >= 0.6 is 11.3 Å². The topological polar surface area (TPSA) is 34.1 Å². The summed E-state index contributed by atoms with van der Waals surface area (Å²) < 4.78 is 7.07. The molecular weight excluding hydrogens is 280 g/mol. The molecule has 21 heavy (non-hydrogen) atoms. The van der Waals surface area contributed by atoms with Gasteiger partial charge in [-0.05, 0) is 32.4 Å². The Morgan fingerprint density at radius 2 is 2.19 bits per heavy atom. The van der Waals surface area contributed by atoms with Crippen LogP contribution in [0.4, 0.5) is 0 Å². The number of ether oxygens (including phenoxy) is 1. The molecule has 3 rings (SSSR count). The van der Waals surface area contributed by atoms with Crippen molar-refractivity contribution in [2.24, 2.45) is 5.41 Å². The summed E-state index contributed by atoms with van der Waals surface area (Å²) in [5.41, 5.74) is 1.30. The van der Waals surface area contributed by atoms with Gasteiger partial charge < -0.3 is 10.1 Å². The zero-order valence-electron chi connectivity index (χ0n) is 13.2. The van der Waals surface area contributed by atoms with Gasteiger partial charge in [0.05, 0.1) is 22.4 Å². The lowest BCUT2D eigenvalue weighted by atomic mass is 9.64. The molecule has 0 aliphatic heterocycles. The summed E-state index contributed by atoms with van der Waals surface area (Å²) in [4.78, 5) is 4.75. The second-order valence-corrected chi connectivity index (χ2v) is 7.52. The molecule has 1 N–H and O–H groups in total. The Morgan fingerprint density at radius 1 is 1.43 bits per heavy atom. The molecule has 4 heteroatoms. The van der Waals surface area contributed by atoms with Gasteiger partial charge in [0.1, 0.15) is 5.01 Å². The van der Waals surface area contributed by atoms with Crippen molar-refractivity contribution in [2.75, 3.05) is 6.61 Å². The first-order chi connectivity index (χ1) is 10.0. The van der Waals surface area contributed by atoms with Crippen LogP contribution in [0.15, 0.2) is 24.3 Å². The van der Waals surface area contributed by atoms with E-state index >= 15 is 0 Å². The molecule has 114 valence electrons. The van der Waals surface area contributed by atoms with Gasteiger partial charge in [0.2, 0.25) is 0 Å². The van der Waals surface area contributed by atoms with Gasteiger partial charge in [0.15, 0.2) is 0 Å². The Labute approximate surface area is 130 Å². The van der Waals surface area contributed by atoms with E-state index in [0.717, 1.165) is 18.5 Å². The van der Waals surface area contributed by atoms with Crippen LogP contribution in [0.5, 0.6) is 0 Å². The van der Waals surface area contributed by atoms with Gasteiger partial charge in [0, 0.05) is 18.1 Å².